The van der Waals surface area contributed by atoms with Gasteiger partial charge < -0.3 is 10.6 Å². The summed E-state index contributed by atoms with van der Waals surface area (Å²) in [7, 11) is 0. The van der Waals surface area contributed by atoms with Gasteiger partial charge in [-0.15, -0.1) is 11.3 Å². The maximum absolute atomic E-state index is 12.3. The van der Waals surface area contributed by atoms with Gasteiger partial charge in [-0.25, -0.2) is 9.78 Å². The Morgan fingerprint density at radius 2 is 1.70 bits per heavy atom. The van der Waals surface area contributed by atoms with Crippen molar-refractivity contribution in [3.05, 3.63) is 77.9 Å². The molecule has 2 N–H and O–H groups in total. The Kier molecular flexibility index (Phi) is 4.60. The Labute approximate surface area is 161 Å². The molecule has 0 aliphatic carbocycles. The van der Waals surface area contributed by atoms with Gasteiger partial charge in [0.25, 0.3) is 0 Å². The van der Waals surface area contributed by atoms with E-state index in [2.05, 4.69) is 22.8 Å². The zero-order valence-electron chi connectivity index (χ0n) is 15.1. The van der Waals surface area contributed by atoms with Crippen molar-refractivity contribution in [2.75, 3.05) is 10.6 Å². The van der Waals surface area contributed by atoms with E-state index in [0.717, 1.165) is 38.6 Å². The summed E-state index contributed by atoms with van der Waals surface area (Å²) in [6, 6.07) is 21.5. The van der Waals surface area contributed by atoms with Crippen LogP contribution >= 0.6 is 11.3 Å². The maximum atomic E-state index is 12.3. The molecule has 0 aliphatic rings. The maximum Gasteiger partial charge on any atom is 0.323 e. The second-order valence-electron chi connectivity index (χ2n) is 6.46. The number of aromatic nitrogens is 1. The van der Waals surface area contributed by atoms with E-state index in [-0.39, 0.29) is 6.03 Å². The molecule has 4 aromatic rings. The Balaban J connectivity index is 1.51. The number of nitrogens with one attached hydrogen (secondary N) is 2. The number of benzene rings is 3. The standard InChI is InChI=1S/C22H19N3OS/c1-14-7-10-17(11-8-14)23-22(26)25-18-12-9-16(13-15(18)2)21-24-19-5-3-4-6-20(19)27-21/h3-13H,1-2H3,(H2,23,25,26). The lowest BCUT2D eigenvalue weighted by molar-refractivity contribution is 0.262. The van der Waals surface area contributed by atoms with E-state index in [1.165, 1.54) is 4.70 Å². The molecule has 2 amide bonds. The lowest BCUT2D eigenvalue weighted by Crippen LogP contribution is -2.19. The molecule has 1 heterocycles. The molecule has 0 bridgehead atoms. The molecule has 0 fully saturated rings. The highest BCUT2D eigenvalue weighted by atomic mass is 32.1. The first-order valence-electron chi connectivity index (χ1n) is 8.70. The van der Waals surface area contributed by atoms with Crippen molar-refractivity contribution in [3.8, 4) is 10.6 Å². The van der Waals surface area contributed by atoms with Crippen molar-refractivity contribution < 1.29 is 4.79 Å². The smallest absolute Gasteiger partial charge is 0.308 e. The molecule has 4 nitrogen and oxygen atoms in total. The SMILES string of the molecule is Cc1ccc(NC(=O)Nc2ccc(-c3nc4ccccc4s3)cc2C)cc1. The van der Waals surface area contributed by atoms with E-state index in [1.54, 1.807) is 11.3 Å². The van der Waals surface area contributed by atoms with Gasteiger partial charge in [-0.1, -0.05) is 29.8 Å². The fraction of sp³-hybridized carbons (Fsp3) is 0.0909. The highest BCUT2D eigenvalue weighted by Crippen LogP contribution is 2.31. The summed E-state index contributed by atoms with van der Waals surface area (Å²) >= 11 is 1.67. The minimum Gasteiger partial charge on any atom is -0.308 e. The summed E-state index contributed by atoms with van der Waals surface area (Å²) in [5.41, 5.74) is 5.76. The van der Waals surface area contributed by atoms with Crippen LogP contribution in [0.25, 0.3) is 20.8 Å². The van der Waals surface area contributed by atoms with Crippen molar-refractivity contribution in [3.63, 3.8) is 0 Å². The van der Waals surface area contributed by atoms with Gasteiger partial charge in [0.1, 0.15) is 5.01 Å². The van der Waals surface area contributed by atoms with Crippen LogP contribution in [0, 0.1) is 13.8 Å². The Bertz CT molecular complexity index is 1080. The fourth-order valence-electron chi connectivity index (χ4n) is 2.85. The van der Waals surface area contributed by atoms with Crippen LogP contribution in [0.1, 0.15) is 11.1 Å². The lowest BCUT2D eigenvalue weighted by atomic mass is 10.1. The van der Waals surface area contributed by atoms with Crippen LogP contribution < -0.4 is 10.6 Å². The summed E-state index contributed by atoms with van der Waals surface area (Å²) in [5, 5.41) is 6.74. The second kappa shape index (κ2) is 7.21. The van der Waals surface area contributed by atoms with Gasteiger partial charge in [-0.2, -0.15) is 0 Å². The summed E-state index contributed by atoms with van der Waals surface area (Å²) in [6.45, 7) is 4.00. The number of urea groups is 1. The molecule has 27 heavy (non-hydrogen) atoms. The van der Waals surface area contributed by atoms with Crippen LogP contribution in [0.15, 0.2) is 66.7 Å². The largest absolute Gasteiger partial charge is 0.323 e. The number of thiazole rings is 1. The number of para-hydroxylation sites is 1. The molecular formula is C22H19N3OS. The molecular weight excluding hydrogens is 354 g/mol. The van der Waals surface area contributed by atoms with Crippen molar-refractivity contribution in [2.24, 2.45) is 0 Å². The molecule has 3 aromatic carbocycles. The van der Waals surface area contributed by atoms with Crippen LogP contribution in [-0.2, 0) is 0 Å². The van der Waals surface area contributed by atoms with Gasteiger partial charge in [-0.05, 0) is 61.9 Å². The summed E-state index contributed by atoms with van der Waals surface area (Å²) in [6.07, 6.45) is 0. The van der Waals surface area contributed by atoms with E-state index in [0.29, 0.717) is 0 Å². The van der Waals surface area contributed by atoms with E-state index < -0.39 is 0 Å². The van der Waals surface area contributed by atoms with Gasteiger partial charge in [0.05, 0.1) is 10.2 Å². The highest BCUT2D eigenvalue weighted by molar-refractivity contribution is 7.21. The molecule has 134 valence electrons. The molecule has 0 saturated carbocycles. The predicted molar refractivity (Wildman–Crippen MR) is 114 cm³/mol. The Morgan fingerprint density at radius 1 is 0.926 bits per heavy atom. The number of carbonyl (C=O) groups is 1. The monoisotopic (exact) mass is 373 g/mol. The van der Waals surface area contributed by atoms with E-state index >= 15 is 0 Å². The van der Waals surface area contributed by atoms with Gasteiger partial charge in [0, 0.05) is 16.9 Å². The topological polar surface area (TPSA) is 54.0 Å². The zero-order chi connectivity index (χ0) is 18.8. The number of anilines is 2. The van der Waals surface area contributed by atoms with Crippen molar-refractivity contribution in [1.82, 2.24) is 4.98 Å². The third kappa shape index (κ3) is 3.83. The van der Waals surface area contributed by atoms with Crippen LogP contribution in [0.3, 0.4) is 0 Å². The molecule has 0 atom stereocenters. The molecule has 5 heteroatoms. The average molecular weight is 373 g/mol. The lowest BCUT2D eigenvalue weighted by Gasteiger charge is -2.11. The fourth-order valence-corrected chi connectivity index (χ4v) is 3.82. The predicted octanol–water partition coefficient (Wildman–Crippen LogP) is 6.22. The Morgan fingerprint density at radius 3 is 2.44 bits per heavy atom. The van der Waals surface area contributed by atoms with Crippen molar-refractivity contribution in [1.29, 1.82) is 0 Å². The van der Waals surface area contributed by atoms with Crippen LogP contribution in [0.2, 0.25) is 0 Å². The first-order valence-corrected chi connectivity index (χ1v) is 9.51. The quantitative estimate of drug-likeness (QED) is 0.447. The number of aryl methyl sites for hydroxylation is 2. The number of fused-ring (bicyclic) bond motifs is 1. The Hall–Kier alpha value is -3.18. The molecule has 0 saturated heterocycles. The number of carbonyl (C=O) groups excluding carboxylic acids is 1. The van der Waals surface area contributed by atoms with Crippen LogP contribution in [-0.4, -0.2) is 11.0 Å². The van der Waals surface area contributed by atoms with Gasteiger partial charge >= 0.3 is 6.03 Å². The third-order valence-electron chi connectivity index (χ3n) is 4.32. The number of hydrogen-bond donors (Lipinski definition) is 2. The molecule has 1 aromatic heterocycles. The number of hydrogen-bond acceptors (Lipinski definition) is 3. The van der Waals surface area contributed by atoms with E-state index in [4.69, 9.17) is 4.98 Å². The van der Waals surface area contributed by atoms with Crippen LogP contribution in [0.5, 0.6) is 0 Å². The van der Waals surface area contributed by atoms with Gasteiger partial charge in [-0.3, -0.25) is 0 Å². The third-order valence-corrected chi connectivity index (χ3v) is 5.41. The number of amides is 2. The molecule has 0 unspecified atom stereocenters. The molecule has 4 rings (SSSR count). The summed E-state index contributed by atoms with van der Waals surface area (Å²) in [5.74, 6) is 0. The summed E-state index contributed by atoms with van der Waals surface area (Å²) in [4.78, 5) is 17.0. The normalized spacial score (nSPS) is 10.7. The van der Waals surface area contributed by atoms with Gasteiger partial charge in [0.15, 0.2) is 0 Å². The number of rotatable bonds is 3. The van der Waals surface area contributed by atoms with Gasteiger partial charge in [0.2, 0.25) is 0 Å². The minimum absolute atomic E-state index is 0.255. The average Bonchev–Trinajstić information content (AvgIpc) is 3.09. The highest BCUT2D eigenvalue weighted by Gasteiger charge is 2.09. The molecule has 0 radical (unpaired) electrons. The summed E-state index contributed by atoms with van der Waals surface area (Å²) < 4.78 is 1.17. The minimum atomic E-state index is -0.255. The van der Waals surface area contributed by atoms with E-state index in [9.17, 15) is 4.79 Å². The first-order chi connectivity index (χ1) is 13.1. The second-order valence-corrected chi connectivity index (χ2v) is 7.49. The van der Waals surface area contributed by atoms with E-state index in [1.807, 2.05) is 68.4 Å². The first kappa shape index (κ1) is 17.2. The molecule has 0 spiro atoms. The molecule has 0 aliphatic heterocycles. The number of nitrogens with zero attached hydrogens (tertiary/aromatic N) is 1. The van der Waals surface area contributed by atoms with Crippen molar-refractivity contribution in [2.45, 2.75) is 13.8 Å². The van der Waals surface area contributed by atoms with Crippen molar-refractivity contribution >= 4 is 39.0 Å². The zero-order valence-corrected chi connectivity index (χ0v) is 15.9. The van der Waals surface area contributed by atoms with Crippen LogP contribution in [0.4, 0.5) is 16.2 Å².